The summed E-state index contributed by atoms with van der Waals surface area (Å²) < 4.78 is 0. The maximum atomic E-state index is 13.3. The first-order valence-corrected chi connectivity index (χ1v) is 12.9. The minimum atomic E-state index is -0.160. The average Bonchev–Trinajstić information content (AvgIpc) is 2.88. The highest BCUT2D eigenvalue weighted by atomic mass is 16.2. The molecule has 0 N–H and O–H groups in total. The van der Waals surface area contributed by atoms with Gasteiger partial charge in [0.1, 0.15) is 0 Å². The monoisotopic (exact) mass is 475 g/mol. The van der Waals surface area contributed by atoms with Crippen LogP contribution in [0.5, 0.6) is 0 Å². The minimum Gasteiger partial charge on any atom is -0.339 e. The van der Waals surface area contributed by atoms with Crippen LogP contribution in [0.4, 0.5) is 0 Å². The summed E-state index contributed by atoms with van der Waals surface area (Å²) in [7, 11) is 0. The molecule has 2 heterocycles. The van der Waals surface area contributed by atoms with E-state index in [1.807, 2.05) is 58.9 Å². The number of likely N-dealkylation sites (tertiary alicyclic amines) is 1. The molecule has 2 fully saturated rings. The summed E-state index contributed by atoms with van der Waals surface area (Å²) in [6.45, 7) is 7.50. The standard InChI is InChI=1S/C29H37N3O3/c1-22-18-23(2)20-26(19-22)29(35)32-13-7-11-25(21-32)28(34)31-16-14-30(15-17-31)27(33)12-6-10-24-8-4-3-5-9-24/h3-5,8-9,18-20,25H,6-7,10-17,21H2,1-2H3. The Morgan fingerprint density at radius 2 is 1.49 bits per heavy atom. The molecule has 0 radical (unpaired) electrons. The average molecular weight is 476 g/mol. The number of hydrogen-bond donors (Lipinski definition) is 0. The van der Waals surface area contributed by atoms with Crippen molar-refractivity contribution in [2.24, 2.45) is 5.92 Å². The number of hydrogen-bond acceptors (Lipinski definition) is 3. The molecule has 35 heavy (non-hydrogen) atoms. The summed E-state index contributed by atoms with van der Waals surface area (Å²) in [5, 5.41) is 0. The summed E-state index contributed by atoms with van der Waals surface area (Å²) in [6, 6.07) is 16.2. The minimum absolute atomic E-state index is 0.0141. The van der Waals surface area contributed by atoms with Crippen LogP contribution in [0.1, 0.15) is 52.7 Å². The van der Waals surface area contributed by atoms with Crippen molar-refractivity contribution in [1.82, 2.24) is 14.7 Å². The van der Waals surface area contributed by atoms with Crippen molar-refractivity contribution in [2.75, 3.05) is 39.3 Å². The molecule has 2 saturated heterocycles. The number of rotatable bonds is 6. The second-order valence-corrected chi connectivity index (χ2v) is 10.0. The van der Waals surface area contributed by atoms with Crippen LogP contribution in [0.2, 0.25) is 0 Å². The van der Waals surface area contributed by atoms with Gasteiger partial charge in [-0.15, -0.1) is 0 Å². The lowest BCUT2D eigenvalue weighted by Crippen LogP contribution is -2.54. The highest BCUT2D eigenvalue weighted by Gasteiger charge is 2.33. The highest BCUT2D eigenvalue weighted by molar-refractivity contribution is 5.95. The third-order valence-corrected chi connectivity index (χ3v) is 7.17. The molecular weight excluding hydrogens is 438 g/mol. The fourth-order valence-corrected chi connectivity index (χ4v) is 5.32. The molecule has 0 saturated carbocycles. The topological polar surface area (TPSA) is 60.9 Å². The van der Waals surface area contributed by atoms with Crippen molar-refractivity contribution in [3.8, 4) is 0 Å². The molecule has 3 amide bonds. The first-order chi connectivity index (χ1) is 16.9. The third-order valence-electron chi connectivity index (χ3n) is 7.17. The molecule has 0 aromatic heterocycles. The molecule has 0 spiro atoms. The highest BCUT2D eigenvalue weighted by Crippen LogP contribution is 2.22. The molecular formula is C29H37N3O3. The van der Waals surface area contributed by atoms with Gasteiger partial charge in [-0.1, -0.05) is 47.5 Å². The molecule has 0 bridgehead atoms. The van der Waals surface area contributed by atoms with E-state index in [-0.39, 0.29) is 23.6 Å². The van der Waals surface area contributed by atoms with Crippen LogP contribution < -0.4 is 0 Å². The van der Waals surface area contributed by atoms with Gasteiger partial charge in [0.2, 0.25) is 11.8 Å². The van der Waals surface area contributed by atoms with Gasteiger partial charge in [-0.2, -0.15) is 0 Å². The van der Waals surface area contributed by atoms with Gasteiger partial charge in [0.05, 0.1) is 5.92 Å². The maximum Gasteiger partial charge on any atom is 0.253 e. The predicted octanol–water partition coefficient (Wildman–Crippen LogP) is 3.85. The molecule has 2 aliphatic rings. The van der Waals surface area contributed by atoms with E-state index in [1.165, 1.54) is 5.56 Å². The smallest absolute Gasteiger partial charge is 0.253 e. The molecule has 1 unspecified atom stereocenters. The van der Waals surface area contributed by atoms with Gasteiger partial charge in [0.15, 0.2) is 0 Å². The molecule has 1 atom stereocenters. The first kappa shape index (κ1) is 25.0. The van der Waals surface area contributed by atoms with Crippen molar-refractivity contribution in [3.63, 3.8) is 0 Å². The number of piperidine rings is 1. The van der Waals surface area contributed by atoms with Crippen molar-refractivity contribution >= 4 is 17.7 Å². The second-order valence-electron chi connectivity index (χ2n) is 10.0. The number of piperazine rings is 1. The van der Waals surface area contributed by atoms with E-state index in [1.54, 1.807) is 0 Å². The van der Waals surface area contributed by atoms with Gasteiger partial charge < -0.3 is 14.7 Å². The zero-order valence-electron chi connectivity index (χ0n) is 21.0. The number of carbonyl (C=O) groups is 3. The normalized spacial score (nSPS) is 18.5. The van der Waals surface area contributed by atoms with Crippen LogP contribution in [0, 0.1) is 19.8 Å². The van der Waals surface area contributed by atoms with Crippen LogP contribution in [0.3, 0.4) is 0 Å². The molecule has 0 aliphatic carbocycles. The van der Waals surface area contributed by atoms with Crippen molar-refractivity contribution in [2.45, 2.75) is 46.0 Å². The Labute approximate surface area is 208 Å². The van der Waals surface area contributed by atoms with Gasteiger partial charge in [-0.3, -0.25) is 14.4 Å². The summed E-state index contributed by atoms with van der Waals surface area (Å²) in [4.78, 5) is 44.6. The van der Waals surface area contributed by atoms with E-state index in [4.69, 9.17) is 0 Å². The Hall–Kier alpha value is -3.15. The lowest BCUT2D eigenvalue weighted by molar-refractivity contribution is -0.143. The molecule has 2 aliphatic heterocycles. The Morgan fingerprint density at radius 3 is 2.17 bits per heavy atom. The van der Waals surface area contributed by atoms with Crippen molar-refractivity contribution < 1.29 is 14.4 Å². The van der Waals surface area contributed by atoms with E-state index < -0.39 is 0 Å². The number of nitrogens with zero attached hydrogens (tertiary/aromatic N) is 3. The Kier molecular flexibility index (Phi) is 8.21. The van der Waals surface area contributed by atoms with Gasteiger partial charge in [-0.25, -0.2) is 0 Å². The van der Waals surface area contributed by atoms with Crippen molar-refractivity contribution in [3.05, 3.63) is 70.8 Å². The fourth-order valence-electron chi connectivity index (χ4n) is 5.32. The number of amides is 3. The molecule has 2 aromatic rings. The number of aryl methyl sites for hydroxylation is 3. The van der Waals surface area contributed by atoms with Gasteiger partial charge in [0, 0.05) is 51.3 Å². The quantitative estimate of drug-likeness (QED) is 0.638. The van der Waals surface area contributed by atoms with Crippen LogP contribution in [-0.4, -0.2) is 71.7 Å². The molecule has 2 aromatic carbocycles. The van der Waals surface area contributed by atoms with E-state index >= 15 is 0 Å². The summed E-state index contributed by atoms with van der Waals surface area (Å²) >= 11 is 0. The van der Waals surface area contributed by atoms with E-state index in [0.29, 0.717) is 51.3 Å². The van der Waals surface area contributed by atoms with E-state index in [0.717, 1.165) is 36.8 Å². The second kappa shape index (κ2) is 11.5. The molecule has 6 nitrogen and oxygen atoms in total. The Balaban J connectivity index is 1.24. The SMILES string of the molecule is Cc1cc(C)cc(C(=O)N2CCCC(C(=O)N3CCN(C(=O)CCCc4ccccc4)CC3)C2)c1. The van der Waals surface area contributed by atoms with Crippen LogP contribution in [-0.2, 0) is 16.0 Å². The first-order valence-electron chi connectivity index (χ1n) is 12.9. The van der Waals surface area contributed by atoms with Gasteiger partial charge >= 0.3 is 0 Å². The zero-order valence-corrected chi connectivity index (χ0v) is 21.0. The summed E-state index contributed by atoms with van der Waals surface area (Å²) in [5.41, 5.74) is 4.11. The fraction of sp³-hybridized carbons (Fsp3) is 0.483. The van der Waals surface area contributed by atoms with E-state index in [2.05, 4.69) is 18.2 Å². The third kappa shape index (κ3) is 6.50. The summed E-state index contributed by atoms with van der Waals surface area (Å²) in [5.74, 6) is 0.155. The molecule has 186 valence electrons. The predicted molar refractivity (Wildman–Crippen MR) is 137 cm³/mol. The maximum absolute atomic E-state index is 13.3. The Morgan fingerprint density at radius 1 is 0.829 bits per heavy atom. The number of carbonyl (C=O) groups excluding carboxylic acids is 3. The lowest BCUT2D eigenvalue weighted by atomic mass is 9.95. The zero-order chi connectivity index (χ0) is 24.8. The van der Waals surface area contributed by atoms with Gasteiger partial charge in [-0.05, 0) is 57.2 Å². The van der Waals surface area contributed by atoms with Gasteiger partial charge in [0.25, 0.3) is 5.91 Å². The number of benzene rings is 2. The molecule has 4 rings (SSSR count). The van der Waals surface area contributed by atoms with Crippen LogP contribution in [0.15, 0.2) is 48.5 Å². The van der Waals surface area contributed by atoms with Crippen LogP contribution >= 0.6 is 0 Å². The molecule has 6 heteroatoms. The Bertz CT molecular complexity index is 1020. The largest absolute Gasteiger partial charge is 0.339 e. The van der Waals surface area contributed by atoms with E-state index in [9.17, 15) is 14.4 Å². The van der Waals surface area contributed by atoms with Crippen LogP contribution in [0.25, 0.3) is 0 Å². The lowest BCUT2D eigenvalue weighted by Gasteiger charge is -2.39. The van der Waals surface area contributed by atoms with Crippen molar-refractivity contribution in [1.29, 1.82) is 0 Å². The summed E-state index contributed by atoms with van der Waals surface area (Å²) in [6.07, 6.45) is 3.94.